The monoisotopic (exact) mass is 434 g/mol. The maximum absolute atomic E-state index is 14.2. The van der Waals surface area contributed by atoms with Crippen molar-refractivity contribution in [2.24, 2.45) is 0 Å². The largest absolute Gasteiger partial charge is 0.340 e. The van der Waals surface area contributed by atoms with Gasteiger partial charge in [-0.1, -0.05) is 18.2 Å². The molecular formula is C23H23FN6O2. The van der Waals surface area contributed by atoms with Crippen molar-refractivity contribution in [1.29, 1.82) is 0 Å². The Hall–Kier alpha value is -3.62. The molecule has 4 heterocycles. The first kappa shape index (κ1) is 20.3. The molecule has 2 aromatic heterocycles. The van der Waals surface area contributed by atoms with E-state index >= 15 is 0 Å². The number of aryl methyl sites for hydroxylation is 1. The summed E-state index contributed by atoms with van der Waals surface area (Å²) in [6.45, 7) is 3.36. The number of carbonyl (C=O) groups excluding carboxylic acids is 2. The molecule has 1 fully saturated rings. The lowest BCUT2D eigenvalue weighted by molar-refractivity contribution is -0.131. The van der Waals surface area contributed by atoms with Crippen LogP contribution >= 0.6 is 0 Å². The summed E-state index contributed by atoms with van der Waals surface area (Å²) in [4.78, 5) is 38.1. The normalized spacial score (nSPS) is 17.8. The second-order valence-corrected chi connectivity index (χ2v) is 8.25. The van der Waals surface area contributed by atoms with Crippen LogP contribution in [0.15, 0.2) is 42.7 Å². The van der Waals surface area contributed by atoms with Gasteiger partial charge in [0.05, 0.1) is 13.0 Å². The molecule has 1 atom stereocenters. The standard InChI is InChI=1S/C23H23FN6O2/c1-15-18-11-20(31)30(13-16-5-2-3-6-19(16)24)23(18)27-22(26-15)17-7-10-28(12-17)21(32)14-29-9-4-8-25-29/h2-6,8-9,17H,7,10-14H2,1H3/t17-/m1/s1. The topological polar surface area (TPSA) is 84.2 Å². The van der Waals surface area contributed by atoms with E-state index < -0.39 is 0 Å². The van der Waals surface area contributed by atoms with Gasteiger partial charge in [0.1, 0.15) is 24.0 Å². The van der Waals surface area contributed by atoms with Gasteiger partial charge in [-0.3, -0.25) is 19.2 Å². The zero-order valence-electron chi connectivity index (χ0n) is 17.7. The number of halogens is 1. The van der Waals surface area contributed by atoms with Crippen molar-refractivity contribution in [2.75, 3.05) is 18.0 Å². The number of likely N-dealkylation sites (tertiary alicyclic amines) is 1. The van der Waals surface area contributed by atoms with Crippen LogP contribution in [-0.2, 0) is 29.1 Å². The van der Waals surface area contributed by atoms with E-state index in [0.29, 0.717) is 30.3 Å². The molecule has 0 N–H and O–H groups in total. The number of anilines is 1. The molecule has 1 aromatic carbocycles. The van der Waals surface area contributed by atoms with Crippen molar-refractivity contribution in [2.45, 2.75) is 38.8 Å². The Kier molecular flexibility index (Phi) is 5.16. The highest BCUT2D eigenvalue weighted by Crippen LogP contribution is 2.34. The minimum absolute atomic E-state index is 0.00504. The SMILES string of the molecule is Cc1nc([C@@H]2CCN(C(=O)Cn3cccn3)C2)nc2c1CC(=O)N2Cc1ccccc1F. The second kappa shape index (κ2) is 8.14. The Morgan fingerprint density at radius 2 is 2.06 bits per heavy atom. The fraction of sp³-hybridized carbons (Fsp3) is 0.348. The maximum atomic E-state index is 14.2. The molecule has 164 valence electrons. The first-order valence-corrected chi connectivity index (χ1v) is 10.7. The molecule has 9 heteroatoms. The highest BCUT2D eigenvalue weighted by atomic mass is 19.1. The van der Waals surface area contributed by atoms with Crippen LogP contribution in [0.4, 0.5) is 10.2 Å². The van der Waals surface area contributed by atoms with Crippen LogP contribution in [0.1, 0.15) is 35.0 Å². The number of benzene rings is 1. The third-order valence-corrected chi connectivity index (χ3v) is 6.14. The molecule has 0 saturated carbocycles. The van der Waals surface area contributed by atoms with Crippen LogP contribution in [0.2, 0.25) is 0 Å². The van der Waals surface area contributed by atoms with Gasteiger partial charge < -0.3 is 4.90 Å². The third kappa shape index (κ3) is 3.74. The van der Waals surface area contributed by atoms with Crippen LogP contribution in [0.3, 0.4) is 0 Å². The van der Waals surface area contributed by atoms with Gasteiger partial charge in [0.25, 0.3) is 0 Å². The Balaban J connectivity index is 1.36. The number of fused-ring (bicyclic) bond motifs is 1. The molecule has 3 aromatic rings. The lowest BCUT2D eigenvalue weighted by Crippen LogP contribution is -2.32. The van der Waals surface area contributed by atoms with Gasteiger partial charge in [-0.2, -0.15) is 5.10 Å². The summed E-state index contributed by atoms with van der Waals surface area (Å²) in [7, 11) is 0. The van der Waals surface area contributed by atoms with Gasteiger partial charge in [-0.15, -0.1) is 0 Å². The molecule has 0 radical (unpaired) electrons. The molecule has 0 aliphatic carbocycles. The van der Waals surface area contributed by atoms with Gasteiger partial charge in [0, 0.05) is 48.2 Å². The summed E-state index contributed by atoms with van der Waals surface area (Å²) in [6.07, 6.45) is 4.38. The smallest absolute Gasteiger partial charge is 0.244 e. The Labute approximate surface area is 184 Å². The number of hydrogen-bond acceptors (Lipinski definition) is 5. The second-order valence-electron chi connectivity index (χ2n) is 8.25. The van der Waals surface area contributed by atoms with Crippen LogP contribution in [0, 0.1) is 12.7 Å². The summed E-state index contributed by atoms with van der Waals surface area (Å²) in [6, 6.07) is 8.23. The first-order chi connectivity index (χ1) is 15.5. The molecule has 0 bridgehead atoms. The van der Waals surface area contributed by atoms with Gasteiger partial charge in [-0.25, -0.2) is 14.4 Å². The van der Waals surface area contributed by atoms with E-state index in [1.807, 2.05) is 6.92 Å². The summed E-state index contributed by atoms with van der Waals surface area (Å²) in [5, 5.41) is 4.09. The number of rotatable bonds is 5. The van der Waals surface area contributed by atoms with Crippen molar-refractivity contribution in [3.63, 3.8) is 0 Å². The molecule has 0 spiro atoms. The molecule has 0 unspecified atom stereocenters. The van der Waals surface area contributed by atoms with Crippen molar-refractivity contribution in [3.05, 3.63) is 71.2 Å². The van der Waals surface area contributed by atoms with Crippen LogP contribution < -0.4 is 4.90 Å². The van der Waals surface area contributed by atoms with E-state index in [1.54, 1.807) is 51.1 Å². The van der Waals surface area contributed by atoms with Gasteiger partial charge in [0.2, 0.25) is 11.8 Å². The molecule has 32 heavy (non-hydrogen) atoms. The quantitative estimate of drug-likeness (QED) is 0.615. The van der Waals surface area contributed by atoms with E-state index in [0.717, 1.165) is 17.7 Å². The molecule has 1 saturated heterocycles. The fourth-order valence-corrected chi connectivity index (χ4v) is 4.37. The van der Waals surface area contributed by atoms with Crippen LogP contribution in [0.5, 0.6) is 0 Å². The number of nitrogens with zero attached hydrogens (tertiary/aromatic N) is 6. The predicted octanol–water partition coefficient (Wildman–Crippen LogP) is 2.23. The van der Waals surface area contributed by atoms with E-state index in [1.165, 1.54) is 6.07 Å². The number of hydrogen-bond donors (Lipinski definition) is 0. The predicted molar refractivity (Wildman–Crippen MR) is 114 cm³/mol. The Morgan fingerprint density at radius 3 is 2.84 bits per heavy atom. The molecule has 2 aliphatic rings. The highest BCUT2D eigenvalue weighted by molar-refractivity contribution is 6.00. The number of carbonyl (C=O) groups is 2. The van der Waals surface area contributed by atoms with E-state index in [2.05, 4.69) is 10.1 Å². The fourth-order valence-electron chi connectivity index (χ4n) is 4.37. The summed E-state index contributed by atoms with van der Waals surface area (Å²) in [5.74, 6) is 0.727. The minimum atomic E-state index is -0.345. The molecule has 8 nitrogen and oxygen atoms in total. The number of aromatic nitrogens is 4. The van der Waals surface area contributed by atoms with Crippen molar-refractivity contribution >= 4 is 17.6 Å². The lowest BCUT2D eigenvalue weighted by Gasteiger charge is -2.19. The molecule has 2 amide bonds. The summed E-state index contributed by atoms with van der Waals surface area (Å²) in [5.41, 5.74) is 2.00. The van der Waals surface area contributed by atoms with Crippen molar-refractivity contribution in [3.8, 4) is 0 Å². The van der Waals surface area contributed by atoms with Crippen LogP contribution in [0.25, 0.3) is 0 Å². The minimum Gasteiger partial charge on any atom is -0.340 e. The summed E-state index contributed by atoms with van der Waals surface area (Å²) < 4.78 is 15.8. The zero-order valence-corrected chi connectivity index (χ0v) is 17.7. The van der Waals surface area contributed by atoms with Gasteiger partial charge in [-0.05, 0) is 25.5 Å². The van der Waals surface area contributed by atoms with E-state index in [-0.39, 0.29) is 43.1 Å². The first-order valence-electron chi connectivity index (χ1n) is 10.7. The van der Waals surface area contributed by atoms with Crippen molar-refractivity contribution < 1.29 is 14.0 Å². The van der Waals surface area contributed by atoms with Crippen molar-refractivity contribution in [1.82, 2.24) is 24.6 Å². The molecule has 2 aliphatic heterocycles. The van der Waals surface area contributed by atoms with E-state index in [9.17, 15) is 14.0 Å². The number of amides is 2. The Morgan fingerprint density at radius 1 is 1.22 bits per heavy atom. The maximum Gasteiger partial charge on any atom is 0.244 e. The van der Waals surface area contributed by atoms with Gasteiger partial charge >= 0.3 is 0 Å². The average Bonchev–Trinajstić information content (AvgIpc) is 3.51. The zero-order chi connectivity index (χ0) is 22.2. The Bertz CT molecular complexity index is 1180. The average molecular weight is 434 g/mol. The molecular weight excluding hydrogens is 411 g/mol. The highest BCUT2D eigenvalue weighted by Gasteiger charge is 2.35. The van der Waals surface area contributed by atoms with Gasteiger partial charge in [0.15, 0.2) is 0 Å². The summed E-state index contributed by atoms with van der Waals surface area (Å²) >= 11 is 0. The third-order valence-electron chi connectivity index (χ3n) is 6.14. The van der Waals surface area contributed by atoms with E-state index in [4.69, 9.17) is 4.98 Å². The van der Waals surface area contributed by atoms with Crippen LogP contribution in [-0.4, -0.2) is 49.6 Å². The molecule has 5 rings (SSSR count). The lowest BCUT2D eigenvalue weighted by atomic mass is 10.1.